The number of fused-ring (bicyclic) bond motifs is 1. The molecule has 0 unspecified atom stereocenters. The summed E-state index contributed by atoms with van der Waals surface area (Å²) in [6, 6.07) is 8.63. The fraction of sp³-hybridized carbons (Fsp3) is 0.176. The van der Waals surface area contributed by atoms with Crippen molar-refractivity contribution in [1.82, 2.24) is 4.57 Å². The summed E-state index contributed by atoms with van der Waals surface area (Å²) in [6.45, 7) is 2.22. The lowest BCUT2D eigenvalue weighted by molar-refractivity contribution is 0.102. The highest BCUT2D eigenvalue weighted by molar-refractivity contribution is 7.17. The molecule has 0 aliphatic heterocycles. The Kier molecular flexibility index (Phi) is 4.26. The number of aryl methyl sites for hydroxylation is 1. The lowest BCUT2D eigenvalue weighted by atomic mass is 10.2. The number of rotatable bonds is 4. The Morgan fingerprint density at radius 2 is 2.08 bits per heavy atom. The first-order valence-electron chi connectivity index (χ1n) is 7.35. The number of pyridine rings is 1. The minimum atomic E-state index is -0.667. The lowest BCUT2D eigenvalue weighted by Crippen LogP contribution is -2.29. The van der Waals surface area contributed by atoms with Gasteiger partial charge < -0.3 is 19.7 Å². The van der Waals surface area contributed by atoms with E-state index in [0.717, 1.165) is 0 Å². The maximum atomic E-state index is 12.6. The van der Waals surface area contributed by atoms with Gasteiger partial charge in [-0.2, -0.15) is 0 Å². The molecule has 0 atom stereocenters. The van der Waals surface area contributed by atoms with Gasteiger partial charge in [0.15, 0.2) is 5.75 Å². The molecule has 124 valence electrons. The Morgan fingerprint density at radius 1 is 1.33 bits per heavy atom. The average molecular weight is 344 g/mol. The maximum absolute atomic E-state index is 12.6. The summed E-state index contributed by atoms with van der Waals surface area (Å²) >= 11 is 1.28. The van der Waals surface area contributed by atoms with Gasteiger partial charge >= 0.3 is 0 Å². The molecular formula is C17H16N2O4S. The Morgan fingerprint density at radius 3 is 2.79 bits per heavy atom. The van der Waals surface area contributed by atoms with E-state index < -0.39 is 11.5 Å². The molecule has 6 nitrogen and oxygen atoms in total. The fourth-order valence-electron chi connectivity index (χ4n) is 2.60. The SMILES string of the molecule is CCn1c(=O)c(C(=O)Nc2ccccc2OC)c(O)c2sccc21. The zero-order valence-corrected chi connectivity index (χ0v) is 14.0. The highest BCUT2D eigenvalue weighted by Gasteiger charge is 2.23. The van der Waals surface area contributed by atoms with Crippen molar-refractivity contribution in [3.63, 3.8) is 0 Å². The molecule has 24 heavy (non-hydrogen) atoms. The second kappa shape index (κ2) is 6.37. The first-order chi connectivity index (χ1) is 11.6. The Bertz CT molecular complexity index is 974. The summed E-state index contributed by atoms with van der Waals surface area (Å²) in [5.41, 5.74) is 0.267. The van der Waals surface area contributed by atoms with Crippen molar-refractivity contribution >= 4 is 33.1 Å². The standard InChI is InChI=1S/C17H16N2O4S/c1-3-19-11-8-9-24-15(11)14(20)13(17(19)22)16(21)18-10-6-4-5-7-12(10)23-2/h4-9,20H,3H2,1-2H3,(H,18,21). The molecule has 3 aromatic rings. The van der Waals surface area contributed by atoms with Crippen molar-refractivity contribution in [2.75, 3.05) is 12.4 Å². The van der Waals surface area contributed by atoms with E-state index in [-0.39, 0.29) is 11.3 Å². The molecule has 7 heteroatoms. The van der Waals surface area contributed by atoms with Crippen LogP contribution in [0.2, 0.25) is 0 Å². The summed E-state index contributed by atoms with van der Waals surface area (Å²) in [4.78, 5) is 25.3. The Balaban J connectivity index is 2.12. The van der Waals surface area contributed by atoms with E-state index in [1.54, 1.807) is 35.7 Å². The zero-order valence-electron chi connectivity index (χ0n) is 13.2. The fourth-order valence-corrected chi connectivity index (χ4v) is 3.45. The van der Waals surface area contributed by atoms with E-state index >= 15 is 0 Å². The molecule has 2 N–H and O–H groups in total. The molecule has 0 spiro atoms. The van der Waals surface area contributed by atoms with Crippen LogP contribution in [0.4, 0.5) is 5.69 Å². The second-order valence-electron chi connectivity index (χ2n) is 5.06. The van der Waals surface area contributed by atoms with Crippen molar-refractivity contribution in [1.29, 1.82) is 0 Å². The van der Waals surface area contributed by atoms with Gasteiger partial charge in [-0.1, -0.05) is 12.1 Å². The third-order valence-electron chi connectivity index (χ3n) is 3.74. The predicted molar refractivity (Wildman–Crippen MR) is 94.4 cm³/mol. The number of aromatic nitrogens is 1. The van der Waals surface area contributed by atoms with Crippen LogP contribution in [-0.4, -0.2) is 22.7 Å². The van der Waals surface area contributed by atoms with Crippen LogP contribution >= 0.6 is 11.3 Å². The van der Waals surface area contributed by atoms with E-state index in [1.165, 1.54) is 23.0 Å². The molecule has 0 radical (unpaired) electrons. The molecule has 0 fully saturated rings. The molecule has 2 heterocycles. The third kappa shape index (κ3) is 2.52. The van der Waals surface area contributed by atoms with Crippen LogP contribution in [0.5, 0.6) is 11.5 Å². The smallest absolute Gasteiger partial charge is 0.267 e. The van der Waals surface area contributed by atoms with E-state index in [4.69, 9.17) is 4.74 Å². The van der Waals surface area contributed by atoms with Gasteiger partial charge in [-0.3, -0.25) is 9.59 Å². The Labute approximate surface area is 141 Å². The number of carbonyl (C=O) groups is 1. The second-order valence-corrected chi connectivity index (χ2v) is 5.98. The molecule has 2 aromatic heterocycles. The summed E-state index contributed by atoms with van der Waals surface area (Å²) < 4.78 is 7.18. The minimum absolute atomic E-state index is 0.266. The van der Waals surface area contributed by atoms with Crippen LogP contribution in [0.15, 0.2) is 40.5 Å². The van der Waals surface area contributed by atoms with E-state index in [0.29, 0.717) is 28.2 Å². The number of anilines is 1. The van der Waals surface area contributed by atoms with Gasteiger partial charge in [0.2, 0.25) is 0 Å². The van der Waals surface area contributed by atoms with Crippen LogP contribution in [-0.2, 0) is 6.54 Å². The number of benzene rings is 1. The van der Waals surface area contributed by atoms with Gasteiger partial charge in [-0.15, -0.1) is 11.3 Å². The molecule has 0 saturated carbocycles. The molecule has 0 aliphatic carbocycles. The van der Waals surface area contributed by atoms with Crippen LogP contribution in [0.25, 0.3) is 10.2 Å². The minimum Gasteiger partial charge on any atom is -0.505 e. The number of aromatic hydroxyl groups is 1. The van der Waals surface area contributed by atoms with Crippen molar-refractivity contribution in [2.24, 2.45) is 0 Å². The summed E-state index contributed by atoms with van der Waals surface area (Å²) in [7, 11) is 1.49. The zero-order chi connectivity index (χ0) is 17.3. The number of hydrogen-bond donors (Lipinski definition) is 2. The van der Waals surface area contributed by atoms with E-state index in [9.17, 15) is 14.7 Å². The van der Waals surface area contributed by atoms with E-state index in [1.807, 2.05) is 6.92 Å². The quantitative estimate of drug-likeness (QED) is 0.762. The summed E-state index contributed by atoms with van der Waals surface area (Å²) in [5.74, 6) is -0.486. The first kappa shape index (κ1) is 16.1. The number of nitrogens with one attached hydrogen (secondary N) is 1. The van der Waals surface area contributed by atoms with Gasteiger partial charge in [0.05, 0.1) is 23.0 Å². The number of ether oxygens (including phenoxy) is 1. The average Bonchev–Trinajstić information content (AvgIpc) is 3.05. The van der Waals surface area contributed by atoms with Gasteiger partial charge in [0, 0.05) is 6.54 Å². The van der Waals surface area contributed by atoms with Gasteiger partial charge in [0.1, 0.15) is 11.3 Å². The predicted octanol–water partition coefficient (Wildman–Crippen LogP) is 3.05. The molecule has 1 amide bonds. The summed E-state index contributed by atoms with van der Waals surface area (Å²) in [6.07, 6.45) is 0. The van der Waals surface area contributed by atoms with Crippen LogP contribution in [0.3, 0.4) is 0 Å². The Hall–Kier alpha value is -2.80. The number of nitrogens with zero attached hydrogens (tertiary/aromatic N) is 1. The highest BCUT2D eigenvalue weighted by Crippen LogP contribution is 2.32. The van der Waals surface area contributed by atoms with Crippen LogP contribution in [0.1, 0.15) is 17.3 Å². The molecule has 1 aromatic carbocycles. The molecular weight excluding hydrogens is 328 g/mol. The van der Waals surface area contributed by atoms with Crippen molar-refractivity contribution in [2.45, 2.75) is 13.5 Å². The number of para-hydroxylation sites is 2. The van der Waals surface area contributed by atoms with Crippen LogP contribution < -0.4 is 15.6 Å². The van der Waals surface area contributed by atoms with E-state index in [2.05, 4.69) is 5.32 Å². The maximum Gasteiger partial charge on any atom is 0.267 e. The molecule has 0 saturated heterocycles. The van der Waals surface area contributed by atoms with Crippen molar-refractivity contribution < 1.29 is 14.6 Å². The number of amides is 1. The summed E-state index contributed by atoms with van der Waals surface area (Å²) in [5, 5.41) is 14.8. The number of hydrogen-bond acceptors (Lipinski definition) is 5. The molecule has 0 aliphatic rings. The normalized spacial score (nSPS) is 10.8. The van der Waals surface area contributed by atoms with Gasteiger partial charge in [0.25, 0.3) is 11.5 Å². The first-order valence-corrected chi connectivity index (χ1v) is 8.23. The number of carbonyl (C=O) groups excluding carboxylic acids is 1. The monoisotopic (exact) mass is 344 g/mol. The molecule has 3 rings (SSSR count). The lowest BCUT2D eigenvalue weighted by Gasteiger charge is -2.13. The third-order valence-corrected chi connectivity index (χ3v) is 4.65. The number of methoxy groups -OCH3 is 1. The van der Waals surface area contributed by atoms with Crippen molar-refractivity contribution in [3.05, 3.63) is 51.6 Å². The highest BCUT2D eigenvalue weighted by atomic mass is 32.1. The largest absolute Gasteiger partial charge is 0.505 e. The topological polar surface area (TPSA) is 80.6 Å². The van der Waals surface area contributed by atoms with Crippen molar-refractivity contribution in [3.8, 4) is 11.5 Å². The van der Waals surface area contributed by atoms with Gasteiger partial charge in [-0.05, 0) is 30.5 Å². The molecule has 0 bridgehead atoms. The van der Waals surface area contributed by atoms with Gasteiger partial charge in [-0.25, -0.2) is 0 Å². The van der Waals surface area contributed by atoms with Crippen LogP contribution in [0, 0.1) is 0 Å². The number of thiophene rings is 1.